The SMILES string of the molecule is CCc1ccc(N(C)c2ncc(N)cn2)cc1. The van der Waals surface area contributed by atoms with Crippen LogP contribution in [0.3, 0.4) is 0 Å². The van der Waals surface area contributed by atoms with Crippen LogP contribution in [-0.2, 0) is 6.42 Å². The third kappa shape index (κ3) is 2.53. The van der Waals surface area contributed by atoms with Crippen LogP contribution in [0, 0.1) is 0 Å². The zero-order valence-corrected chi connectivity index (χ0v) is 10.1. The molecule has 0 aliphatic rings. The number of benzene rings is 1. The van der Waals surface area contributed by atoms with Gasteiger partial charge in [-0.05, 0) is 24.1 Å². The van der Waals surface area contributed by atoms with Crippen LogP contribution in [-0.4, -0.2) is 17.0 Å². The Hall–Kier alpha value is -2.10. The van der Waals surface area contributed by atoms with Crippen molar-refractivity contribution in [2.75, 3.05) is 17.7 Å². The van der Waals surface area contributed by atoms with Crippen molar-refractivity contribution in [1.29, 1.82) is 0 Å². The van der Waals surface area contributed by atoms with E-state index < -0.39 is 0 Å². The van der Waals surface area contributed by atoms with E-state index in [1.807, 2.05) is 11.9 Å². The van der Waals surface area contributed by atoms with Gasteiger partial charge in [0, 0.05) is 12.7 Å². The first-order valence-electron chi connectivity index (χ1n) is 5.61. The lowest BCUT2D eigenvalue weighted by Gasteiger charge is -2.17. The summed E-state index contributed by atoms with van der Waals surface area (Å²) in [6.07, 6.45) is 4.26. The van der Waals surface area contributed by atoms with Crippen LogP contribution < -0.4 is 10.6 Å². The van der Waals surface area contributed by atoms with E-state index in [0.717, 1.165) is 12.1 Å². The smallest absolute Gasteiger partial charge is 0.229 e. The van der Waals surface area contributed by atoms with Crippen LogP contribution in [0.2, 0.25) is 0 Å². The van der Waals surface area contributed by atoms with Crippen molar-refractivity contribution in [2.24, 2.45) is 0 Å². The standard InChI is InChI=1S/C13H16N4/c1-3-10-4-6-12(7-5-10)17(2)13-15-8-11(14)9-16-13/h4-9H,3,14H2,1-2H3. The molecule has 0 aliphatic carbocycles. The Morgan fingerprint density at radius 1 is 1.12 bits per heavy atom. The average molecular weight is 228 g/mol. The number of aromatic nitrogens is 2. The predicted octanol–water partition coefficient (Wildman–Crippen LogP) is 2.39. The minimum atomic E-state index is 0.573. The molecule has 0 unspecified atom stereocenters. The topological polar surface area (TPSA) is 55.0 Å². The molecule has 1 heterocycles. The van der Waals surface area contributed by atoms with E-state index in [0.29, 0.717) is 11.6 Å². The minimum absolute atomic E-state index is 0.573. The van der Waals surface area contributed by atoms with Crippen molar-refractivity contribution in [3.8, 4) is 0 Å². The molecule has 0 saturated heterocycles. The lowest BCUT2D eigenvalue weighted by molar-refractivity contribution is 1.04. The molecule has 0 radical (unpaired) electrons. The van der Waals surface area contributed by atoms with Crippen LogP contribution in [0.4, 0.5) is 17.3 Å². The van der Waals surface area contributed by atoms with Crippen molar-refractivity contribution in [3.63, 3.8) is 0 Å². The number of hydrogen-bond acceptors (Lipinski definition) is 4. The summed E-state index contributed by atoms with van der Waals surface area (Å²) in [4.78, 5) is 10.3. The van der Waals surface area contributed by atoms with E-state index in [-0.39, 0.29) is 0 Å². The number of nitrogens with zero attached hydrogens (tertiary/aromatic N) is 3. The Labute approximate surface area is 101 Å². The van der Waals surface area contributed by atoms with Gasteiger partial charge in [-0.1, -0.05) is 19.1 Å². The van der Waals surface area contributed by atoms with Crippen LogP contribution in [0.1, 0.15) is 12.5 Å². The van der Waals surface area contributed by atoms with Crippen molar-refractivity contribution in [1.82, 2.24) is 9.97 Å². The van der Waals surface area contributed by atoms with Crippen molar-refractivity contribution in [3.05, 3.63) is 42.2 Å². The Morgan fingerprint density at radius 2 is 1.71 bits per heavy atom. The molecule has 17 heavy (non-hydrogen) atoms. The van der Waals surface area contributed by atoms with Gasteiger partial charge in [-0.25, -0.2) is 9.97 Å². The summed E-state index contributed by atoms with van der Waals surface area (Å²) in [6.45, 7) is 2.14. The fraction of sp³-hybridized carbons (Fsp3) is 0.231. The first-order chi connectivity index (χ1) is 8.20. The van der Waals surface area contributed by atoms with E-state index in [4.69, 9.17) is 5.73 Å². The normalized spacial score (nSPS) is 10.2. The fourth-order valence-electron chi connectivity index (χ4n) is 1.58. The molecule has 0 aliphatic heterocycles. The molecule has 0 spiro atoms. The molecule has 2 aromatic rings. The summed E-state index contributed by atoms with van der Waals surface area (Å²) in [6, 6.07) is 8.36. The molecule has 2 N–H and O–H groups in total. The second-order valence-electron chi connectivity index (χ2n) is 3.90. The lowest BCUT2D eigenvalue weighted by atomic mass is 10.1. The summed E-state index contributed by atoms with van der Waals surface area (Å²) < 4.78 is 0. The Balaban J connectivity index is 2.23. The second kappa shape index (κ2) is 4.82. The summed E-state index contributed by atoms with van der Waals surface area (Å²) in [7, 11) is 1.94. The highest BCUT2D eigenvalue weighted by atomic mass is 15.2. The highest BCUT2D eigenvalue weighted by molar-refractivity contribution is 5.57. The molecule has 1 aromatic carbocycles. The van der Waals surface area contributed by atoms with E-state index in [1.54, 1.807) is 12.4 Å². The maximum atomic E-state index is 5.56. The summed E-state index contributed by atoms with van der Waals surface area (Å²) in [5.74, 6) is 0.642. The molecule has 0 saturated carbocycles. The van der Waals surface area contributed by atoms with E-state index in [9.17, 15) is 0 Å². The fourth-order valence-corrected chi connectivity index (χ4v) is 1.58. The Bertz CT molecular complexity index is 476. The third-order valence-electron chi connectivity index (χ3n) is 2.69. The van der Waals surface area contributed by atoms with Gasteiger partial charge in [-0.2, -0.15) is 0 Å². The molecular formula is C13H16N4. The molecule has 0 atom stereocenters. The summed E-state index contributed by atoms with van der Waals surface area (Å²) in [5, 5.41) is 0. The maximum Gasteiger partial charge on any atom is 0.229 e. The number of rotatable bonds is 3. The van der Waals surface area contributed by atoms with Gasteiger partial charge in [0.05, 0.1) is 18.1 Å². The van der Waals surface area contributed by atoms with Gasteiger partial charge >= 0.3 is 0 Å². The second-order valence-corrected chi connectivity index (χ2v) is 3.90. The molecule has 4 nitrogen and oxygen atoms in total. The first-order valence-corrected chi connectivity index (χ1v) is 5.61. The van der Waals surface area contributed by atoms with Gasteiger partial charge in [0.2, 0.25) is 5.95 Å². The molecule has 0 fully saturated rings. The quantitative estimate of drug-likeness (QED) is 0.876. The highest BCUT2D eigenvalue weighted by Gasteiger charge is 2.05. The Morgan fingerprint density at radius 3 is 2.24 bits per heavy atom. The molecular weight excluding hydrogens is 212 g/mol. The van der Waals surface area contributed by atoms with Crippen LogP contribution in [0.25, 0.3) is 0 Å². The van der Waals surface area contributed by atoms with Gasteiger partial charge < -0.3 is 10.6 Å². The Kier molecular flexibility index (Phi) is 3.23. The van der Waals surface area contributed by atoms with Gasteiger partial charge in [0.15, 0.2) is 0 Å². The van der Waals surface area contributed by atoms with Crippen molar-refractivity contribution < 1.29 is 0 Å². The van der Waals surface area contributed by atoms with Crippen LogP contribution >= 0.6 is 0 Å². The lowest BCUT2D eigenvalue weighted by Crippen LogP contribution is -2.13. The van der Waals surface area contributed by atoms with Crippen molar-refractivity contribution >= 4 is 17.3 Å². The van der Waals surface area contributed by atoms with E-state index >= 15 is 0 Å². The molecule has 0 bridgehead atoms. The van der Waals surface area contributed by atoms with Crippen molar-refractivity contribution in [2.45, 2.75) is 13.3 Å². The van der Waals surface area contributed by atoms with Gasteiger partial charge in [-0.3, -0.25) is 0 Å². The zero-order valence-electron chi connectivity index (χ0n) is 10.1. The number of nitrogen functional groups attached to an aromatic ring is 1. The first kappa shape index (κ1) is 11.4. The number of nitrogens with two attached hydrogens (primary N) is 1. The monoisotopic (exact) mass is 228 g/mol. The van der Waals surface area contributed by atoms with Gasteiger partial charge in [-0.15, -0.1) is 0 Å². The number of hydrogen-bond donors (Lipinski definition) is 1. The third-order valence-corrected chi connectivity index (χ3v) is 2.69. The largest absolute Gasteiger partial charge is 0.396 e. The summed E-state index contributed by atoms with van der Waals surface area (Å²) >= 11 is 0. The predicted molar refractivity (Wildman–Crippen MR) is 70.3 cm³/mol. The summed E-state index contributed by atoms with van der Waals surface area (Å²) in [5.41, 5.74) is 8.51. The maximum absolute atomic E-state index is 5.56. The molecule has 4 heteroatoms. The highest BCUT2D eigenvalue weighted by Crippen LogP contribution is 2.20. The number of anilines is 3. The molecule has 1 aromatic heterocycles. The molecule has 2 rings (SSSR count). The van der Waals surface area contributed by atoms with Crippen LogP contribution in [0.5, 0.6) is 0 Å². The van der Waals surface area contributed by atoms with Gasteiger partial charge in [0.1, 0.15) is 0 Å². The molecule has 0 amide bonds. The average Bonchev–Trinajstić information content (AvgIpc) is 2.39. The van der Waals surface area contributed by atoms with Gasteiger partial charge in [0.25, 0.3) is 0 Å². The van der Waals surface area contributed by atoms with Crippen LogP contribution in [0.15, 0.2) is 36.7 Å². The zero-order chi connectivity index (χ0) is 12.3. The molecule has 88 valence electrons. The van der Waals surface area contributed by atoms with E-state index in [2.05, 4.69) is 41.2 Å². The number of aryl methyl sites for hydroxylation is 1. The van der Waals surface area contributed by atoms with E-state index in [1.165, 1.54) is 5.56 Å². The minimum Gasteiger partial charge on any atom is -0.396 e.